The summed E-state index contributed by atoms with van der Waals surface area (Å²) in [7, 11) is 0. The van der Waals surface area contributed by atoms with Crippen molar-refractivity contribution in [2.75, 3.05) is 17.2 Å². The average Bonchev–Trinajstić information content (AvgIpc) is 2.20. The van der Waals surface area contributed by atoms with Gasteiger partial charge in [-0.1, -0.05) is 25.4 Å². The van der Waals surface area contributed by atoms with Crippen LogP contribution in [0.3, 0.4) is 0 Å². The molecule has 0 aliphatic heterocycles. The van der Waals surface area contributed by atoms with E-state index in [1.165, 1.54) is 11.3 Å². The number of rotatable bonds is 4. The molecular formula is C14H23ClN2. The van der Waals surface area contributed by atoms with Gasteiger partial charge in [0.15, 0.2) is 0 Å². The van der Waals surface area contributed by atoms with Crippen molar-refractivity contribution in [2.45, 2.75) is 40.7 Å². The second kappa shape index (κ2) is 5.63. The number of hydrogen-bond donors (Lipinski definition) is 1. The Morgan fingerprint density at radius 3 is 2.29 bits per heavy atom. The molecule has 0 saturated heterocycles. The molecule has 0 radical (unpaired) electrons. The normalized spacial score (nSPS) is 11.3. The molecule has 3 heteroatoms. The lowest BCUT2D eigenvalue weighted by atomic mass is 10.1. The maximum atomic E-state index is 6.12. The van der Waals surface area contributed by atoms with Gasteiger partial charge in [-0.3, -0.25) is 0 Å². The quantitative estimate of drug-likeness (QED) is 0.820. The SMILES string of the molecule is Cc1cc(N)c(Cl)cc1N(CC(C)C)C(C)C. The topological polar surface area (TPSA) is 29.3 Å². The van der Waals surface area contributed by atoms with Gasteiger partial charge in [-0.05, 0) is 44.4 Å². The summed E-state index contributed by atoms with van der Waals surface area (Å²) in [5.74, 6) is 0.619. The number of halogens is 1. The summed E-state index contributed by atoms with van der Waals surface area (Å²) < 4.78 is 0. The third kappa shape index (κ3) is 3.53. The van der Waals surface area contributed by atoms with E-state index in [9.17, 15) is 0 Å². The summed E-state index contributed by atoms with van der Waals surface area (Å²) in [6.07, 6.45) is 0. The van der Waals surface area contributed by atoms with Crippen LogP contribution < -0.4 is 10.6 Å². The van der Waals surface area contributed by atoms with Gasteiger partial charge in [0.1, 0.15) is 0 Å². The molecule has 0 spiro atoms. The van der Waals surface area contributed by atoms with Gasteiger partial charge < -0.3 is 10.6 Å². The van der Waals surface area contributed by atoms with Crippen LogP contribution in [0.15, 0.2) is 12.1 Å². The fourth-order valence-corrected chi connectivity index (χ4v) is 2.14. The highest BCUT2D eigenvalue weighted by atomic mass is 35.5. The third-order valence-electron chi connectivity index (χ3n) is 2.81. The standard InChI is InChI=1S/C14H23ClN2/c1-9(2)8-17(10(3)4)14-7-12(15)13(16)6-11(14)5/h6-7,9-10H,8,16H2,1-5H3. The number of benzene rings is 1. The van der Waals surface area contributed by atoms with Crippen LogP contribution in [0.1, 0.15) is 33.3 Å². The Labute approximate surface area is 110 Å². The van der Waals surface area contributed by atoms with Gasteiger partial charge in [0.05, 0.1) is 10.7 Å². The molecule has 0 saturated carbocycles. The fourth-order valence-electron chi connectivity index (χ4n) is 1.98. The molecule has 17 heavy (non-hydrogen) atoms. The molecule has 0 heterocycles. The Hall–Kier alpha value is -0.890. The summed E-state index contributed by atoms with van der Waals surface area (Å²) in [5, 5.41) is 0.639. The van der Waals surface area contributed by atoms with Crippen molar-refractivity contribution >= 4 is 23.0 Å². The van der Waals surface area contributed by atoms with Crippen LogP contribution in [0, 0.1) is 12.8 Å². The fraction of sp³-hybridized carbons (Fsp3) is 0.571. The molecule has 0 amide bonds. The van der Waals surface area contributed by atoms with Crippen LogP contribution >= 0.6 is 11.6 Å². The molecule has 1 aromatic rings. The van der Waals surface area contributed by atoms with Crippen molar-refractivity contribution in [3.63, 3.8) is 0 Å². The van der Waals surface area contributed by atoms with Crippen molar-refractivity contribution in [3.8, 4) is 0 Å². The first-order chi connectivity index (χ1) is 7.82. The Balaban J connectivity index is 3.14. The van der Waals surface area contributed by atoms with E-state index in [4.69, 9.17) is 17.3 Å². The Morgan fingerprint density at radius 2 is 1.82 bits per heavy atom. The molecular weight excluding hydrogens is 232 g/mol. The first-order valence-electron chi connectivity index (χ1n) is 6.15. The maximum absolute atomic E-state index is 6.12. The number of aryl methyl sites for hydroxylation is 1. The van der Waals surface area contributed by atoms with E-state index in [-0.39, 0.29) is 0 Å². The maximum Gasteiger partial charge on any atom is 0.0656 e. The van der Waals surface area contributed by atoms with Crippen molar-refractivity contribution in [3.05, 3.63) is 22.7 Å². The second-order valence-corrected chi connectivity index (χ2v) is 5.71. The van der Waals surface area contributed by atoms with Crippen LogP contribution in [0.2, 0.25) is 5.02 Å². The number of nitrogen functional groups attached to an aromatic ring is 1. The Morgan fingerprint density at radius 1 is 1.24 bits per heavy atom. The van der Waals surface area contributed by atoms with Crippen LogP contribution in [-0.4, -0.2) is 12.6 Å². The zero-order valence-corrected chi connectivity index (χ0v) is 12.2. The zero-order valence-electron chi connectivity index (χ0n) is 11.4. The zero-order chi connectivity index (χ0) is 13.2. The molecule has 0 fully saturated rings. The van der Waals surface area contributed by atoms with Gasteiger partial charge in [-0.25, -0.2) is 0 Å². The lowest BCUT2D eigenvalue weighted by Gasteiger charge is -2.32. The minimum atomic E-state index is 0.454. The van der Waals surface area contributed by atoms with E-state index in [1.807, 2.05) is 12.1 Å². The van der Waals surface area contributed by atoms with Gasteiger partial charge in [0.25, 0.3) is 0 Å². The van der Waals surface area contributed by atoms with E-state index in [0.29, 0.717) is 22.7 Å². The molecule has 1 rings (SSSR count). The van der Waals surface area contributed by atoms with Gasteiger partial charge >= 0.3 is 0 Å². The molecule has 2 nitrogen and oxygen atoms in total. The van der Waals surface area contributed by atoms with Crippen molar-refractivity contribution in [2.24, 2.45) is 5.92 Å². The number of anilines is 2. The monoisotopic (exact) mass is 254 g/mol. The van der Waals surface area contributed by atoms with Crippen molar-refractivity contribution in [1.82, 2.24) is 0 Å². The first kappa shape index (κ1) is 14.2. The number of nitrogens with zero attached hydrogens (tertiary/aromatic N) is 1. The number of hydrogen-bond acceptors (Lipinski definition) is 2. The minimum absolute atomic E-state index is 0.454. The molecule has 0 aromatic heterocycles. The van der Waals surface area contributed by atoms with E-state index in [1.54, 1.807) is 0 Å². The molecule has 96 valence electrons. The predicted octanol–water partition coefficient (Wildman–Crippen LogP) is 4.10. The van der Waals surface area contributed by atoms with E-state index < -0.39 is 0 Å². The second-order valence-electron chi connectivity index (χ2n) is 5.30. The van der Waals surface area contributed by atoms with Crippen molar-refractivity contribution in [1.29, 1.82) is 0 Å². The van der Waals surface area contributed by atoms with Gasteiger partial charge in [-0.15, -0.1) is 0 Å². The highest BCUT2D eigenvalue weighted by Gasteiger charge is 2.15. The largest absolute Gasteiger partial charge is 0.398 e. The summed E-state index contributed by atoms with van der Waals surface area (Å²) >= 11 is 6.12. The number of nitrogens with two attached hydrogens (primary N) is 1. The van der Waals surface area contributed by atoms with Crippen molar-refractivity contribution < 1.29 is 0 Å². The molecule has 2 N–H and O–H groups in total. The molecule has 1 aromatic carbocycles. The lowest BCUT2D eigenvalue weighted by molar-refractivity contribution is 0.570. The summed E-state index contributed by atoms with van der Waals surface area (Å²) in [6, 6.07) is 4.39. The van der Waals surface area contributed by atoms with E-state index in [0.717, 1.165) is 6.54 Å². The predicted molar refractivity (Wildman–Crippen MR) is 77.9 cm³/mol. The summed E-state index contributed by atoms with van der Waals surface area (Å²) in [4.78, 5) is 2.38. The molecule has 0 bridgehead atoms. The minimum Gasteiger partial charge on any atom is -0.398 e. The van der Waals surface area contributed by atoms with Gasteiger partial charge in [-0.2, -0.15) is 0 Å². The molecule has 0 aliphatic carbocycles. The highest BCUT2D eigenvalue weighted by Crippen LogP contribution is 2.30. The van der Waals surface area contributed by atoms with Crippen LogP contribution in [0.25, 0.3) is 0 Å². The van der Waals surface area contributed by atoms with E-state index >= 15 is 0 Å². The van der Waals surface area contributed by atoms with Gasteiger partial charge in [0, 0.05) is 18.3 Å². The Kier molecular flexibility index (Phi) is 4.70. The highest BCUT2D eigenvalue weighted by molar-refractivity contribution is 6.33. The first-order valence-corrected chi connectivity index (χ1v) is 6.53. The van der Waals surface area contributed by atoms with Gasteiger partial charge in [0.2, 0.25) is 0 Å². The third-order valence-corrected chi connectivity index (χ3v) is 3.14. The molecule has 0 atom stereocenters. The summed E-state index contributed by atoms with van der Waals surface area (Å²) in [5.41, 5.74) is 8.84. The van der Waals surface area contributed by atoms with Crippen LogP contribution in [-0.2, 0) is 0 Å². The Bertz CT molecular complexity index is 386. The summed E-state index contributed by atoms with van der Waals surface area (Å²) in [6.45, 7) is 12.0. The lowest BCUT2D eigenvalue weighted by Crippen LogP contribution is -2.34. The average molecular weight is 255 g/mol. The smallest absolute Gasteiger partial charge is 0.0656 e. The van der Waals surface area contributed by atoms with Crippen LogP contribution in [0.5, 0.6) is 0 Å². The van der Waals surface area contributed by atoms with Crippen LogP contribution in [0.4, 0.5) is 11.4 Å². The van der Waals surface area contributed by atoms with E-state index in [2.05, 4.69) is 39.5 Å². The molecule has 0 unspecified atom stereocenters. The molecule has 0 aliphatic rings.